The van der Waals surface area contributed by atoms with Crippen LogP contribution >= 0.6 is 0 Å². The zero-order valence-electron chi connectivity index (χ0n) is 10.9. The van der Waals surface area contributed by atoms with Gasteiger partial charge in [0, 0.05) is 11.6 Å². The predicted octanol–water partition coefficient (Wildman–Crippen LogP) is 1.23. The molecule has 0 aliphatic rings. The fourth-order valence-corrected chi connectivity index (χ4v) is 1.85. The predicted molar refractivity (Wildman–Crippen MR) is 67.1 cm³/mol. The lowest BCUT2D eigenvalue weighted by Gasteiger charge is -2.31. The Bertz CT molecular complexity index is 394. The van der Waals surface area contributed by atoms with E-state index in [1.165, 1.54) is 13.2 Å². The van der Waals surface area contributed by atoms with Gasteiger partial charge in [0.05, 0.1) is 25.9 Å². The molecular weight excluding hydrogens is 237 g/mol. The van der Waals surface area contributed by atoms with Crippen LogP contribution in [0.25, 0.3) is 0 Å². The summed E-state index contributed by atoms with van der Waals surface area (Å²) in [4.78, 5) is 0. The second-order valence-corrected chi connectivity index (χ2v) is 4.60. The maximum absolute atomic E-state index is 13.8. The van der Waals surface area contributed by atoms with Crippen molar-refractivity contribution in [2.24, 2.45) is 0 Å². The van der Waals surface area contributed by atoms with Crippen LogP contribution in [0.4, 0.5) is 4.39 Å². The molecule has 3 N–H and O–H groups in total. The van der Waals surface area contributed by atoms with Gasteiger partial charge in [-0.3, -0.25) is 0 Å². The third kappa shape index (κ3) is 3.19. The first kappa shape index (κ1) is 14.9. The Kier molecular flexibility index (Phi) is 5.07. The lowest BCUT2D eigenvalue weighted by molar-refractivity contribution is 0.0950. The van der Waals surface area contributed by atoms with Crippen LogP contribution in [0.2, 0.25) is 0 Å². The van der Waals surface area contributed by atoms with Gasteiger partial charge in [-0.05, 0) is 26.0 Å². The quantitative estimate of drug-likeness (QED) is 0.717. The van der Waals surface area contributed by atoms with E-state index in [4.69, 9.17) is 4.74 Å². The summed E-state index contributed by atoms with van der Waals surface area (Å²) < 4.78 is 18.9. The summed E-state index contributed by atoms with van der Waals surface area (Å²) >= 11 is 0. The summed E-state index contributed by atoms with van der Waals surface area (Å²) in [5, 5.41) is 21.5. The molecule has 0 fully saturated rings. The summed E-state index contributed by atoms with van der Waals surface area (Å²) in [5.74, 6) is 0.0563. The van der Waals surface area contributed by atoms with Crippen LogP contribution in [0.15, 0.2) is 18.2 Å². The highest BCUT2D eigenvalue weighted by atomic mass is 19.1. The Morgan fingerprint density at radius 1 is 1.39 bits per heavy atom. The molecule has 1 rings (SSSR count). The minimum atomic E-state index is -0.868. The van der Waals surface area contributed by atoms with Crippen LogP contribution < -0.4 is 10.1 Å². The molecule has 0 aromatic heterocycles. The van der Waals surface area contributed by atoms with Crippen LogP contribution in [0.1, 0.15) is 25.5 Å². The van der Waals surface area contributed by atoms with Crippen LogP contribution in [-0.4, -0.2) is 36.1 Å². The largest absolute Gasteiger partial charge is 0.496 e. The van der Waals surface area contributed by atoms with Gasteiger partial charge in [0.25, 0.3) is 0 Å². The number of halogens is 1. The first-order chi connectivity index (χ1) is 8.47. The van der Waals surface area contributed by atoms with Gasteiger partial charge >= 0.3 is 0 Å². The van der Waals surface area contributed by atoms with Crippen molar-refractivity contribution in [3.8, 4) is 5.75 Å². The van der Waals surface area contributed by atoms with Crippen molar-refractivity contribution in [2.45, 2.75) is 25.4 Å². The third-order valence-electron chi connectivity index (χ3n) is 2.93. The third-order valence-corrected chi connectivity index (χ3v) is 2.93. The smallest absolute Gasteiger partial charge is 0.131 e. The molecule has 0 amide bonds. The molecule has 1 aromatic rings. The second-order valence-electron chi connectivity index (χ2n) is 4.60. The van der Waals surface area contributed by atoms with Crippen LogP contribution in [0.5, 0.6) is 5.75 Å². The molecule has 4 nitrogen and oxygen atoms in total. The summed E-state index contributed by atoms with van der Waals surface area (Å²) in [6, 6.07) is 4.20. The number of aliphatic hydroxyl groups is 2. The highest BCUT2D eigenvalue weighted by Crippen LogP contribution is 2.28. The average molecular weight is 257 g/mol. The number of aliphatic hydroxyl groups excluding tert-OH is 2. The molecule has 0 aliphatic carbocycles. The minimum Gasteiger partial charge on any atom is -0.496 e. The van der Waals surface area contributed by atoms with Crippen molar-refractivity contribution in [3.63, 3.8) is 0 Å². The van der Waals surface area contributed by atoms with Gasteiger partial charge < -0.3 is 20.3 Å². The zero-order chi connectivity index (χ0) is 13.8. The molecule has 18 heavy (non-hydrogen) atoms. The molecule has 0 saturated carbocycles. The molecule has 0 radical (unpaired) electrons. The van der Waals surface area contributed by atoms with E-state index in [-0.39, 0.29) is 19.0 Å². The zero-order valence-corrected chi connectivity index (χ0v) is 10.9. The van der Waals surface area contributed by atoms with Crippen molar-refractivity contribution in [1.82, 2.24) is 5.32 Å². The molecule has 1 aromatic carbocycles. The maximum Gasteiger partial charge on any atom is 0.131 e. The first-order valence-corrected chi connectivity index (χ1v) is 5.79. The summed E-state index contributed by atoms with van der Waals surface area (Å²) in [7, 11) is 1.47. The van der Waals surface area contributed by atoms with Gasteiger partial charge in [0.1, 0.15) is 11.6 Å². The van der Waals surface area contributed by atoms with E-state index in [1.807, 2.05) is 0 Å². The van der Waals surface area contributed by atoms with Crippen LogP contribution in [-0.2, 0) is 0 Å². The number of hydrogen-bond donors (Lipinski definition) is 3. The molecule has 0 aliphatic heterocycles. The van der Waals surface area contributed by atoms with E-state index in [1.54, 1.807) is 26.0 Å². The number of methoxy groups -OCH3 is 1. The van der Waals surface area contributed by atoms with Gasteiger partial charge in [-0.25, -0.2) is 4.39 Å². The molecule has 1 atom stereocenters. The van der Waals surface area contributed by atoms with Crippen LogP contribution in [0.3, 0.4) is 0 Å². The van der Waals surface area contributed by atoms with E-state index >= 15 is 0 Å². The van der Waals surface area contributed by atoms with E-state index < -0.39 is 11.6 Å². The number of nitrogens with one attached hydrogen (secondary N) is 1. The highest BCUT2D eigenvalue weighted by Gasteiger charge is 2.27. The monoisotopic (exact) mass is 257 g/mol. The second kappa shape index (κ2) is 6.13. The Morgan fingerprint density at radius 2 is 2.00 bits per heavy atom. The number of benzene rings is 1. The number of rotatable bonds is 6. The number of hydrogen-bond acceptors (Lipinski definition) is 4. The molecule has 0 heterocycles. The van der Waals surface area contributed by atoms with Crippen molar-refractivity contribution in [3.05, 3.63) is 29.6 Å². The van der Waals surface area contributed by atoms with Gasteiger partial charge in [0.2, 0.25) is 0 Å². The molecule has 0 saturated heterocycles. The van der Waals surface area contributed by atoms with Crippen molar-refractivity contribution in [2.75, 3.05) is 20.3 Å². The normalized spacial score (nSPS) is 13.4. The van der Waals surface area contributed by atoms with E-state index in [0.717, 1.165) is 0 Å². The Labute approximate surface area is 106 Å². The molecule has 5 heteroatoms. The fraction of sp³-hybridized carbons (Fsp3) is 0.538. The van der Waals surface area contributed by atoms with Gasteiger partial charge in [-0.15, -0.1) is 0 Å². The highest BCUT2D eigenvalue weighted by molar-refractivity contribution is 5.37. The van der Waals surface area contributed by atoms with Gasteiger partial charge in [0.15, 0.2) is 0 Å². The van der Waals surface area contributed by atoms with Crippen LogP contribution in [0, 0.1) is 5.82 Å². The van der Waals surface area contributed by atoms with E-state index in [2.05, 4.69) is 5.32 Å². The Balaban J connectivity index is 3.00. The lowest BCUT2D eigenvalue weighted by Crippen LogP contribution is -2.50. The minimum absolute atomic E-state index is 0.245. The molecule has 1 unspecified atom stereocenters. The first-order valence-electron chi connectivity index (χ1n) is 5.79. The van der Waals surface area contributed by atoms with Crippen molar-refractivity contribution >= 4 is 0 Å². The molecular formula is C13H20FNO3. The van der Waals surface area contributed by atoms with E-state index in [0.29, 0.717) is 11.3 Å². The van der Waals surface area contributed by atoms with Gasteiger partial charge in [-0.2, -0.15) is 0 Å². The van der Waals surface area contributed by atoms with Crippen molar-refractivity contribution in [1.29, 1.82) is 0 Å². The summed E-state index contributed by atoms with van der Waals surface area (Å²) in [5.41, 5.74) is -0.486. The molecule has 102 valence electrons. The van der Waals surface area contributed by atoms with Gasteiger partial charge in [-0.1, -0.05) is 6.07 Å². The summed E-state index contributed by atoms with van der Waals surface area (Å²) in [6.45, 7) is 2.93. The Morgan fingerprint density at radius 3 is 2.50 bits per heavy atom. The summed E-state index contributed by atoms with van der Waals surface area (Å²) in [6.07, 6.45) is 0. The average Bonchev–Trinajstić information content (AvgIpc) is 2.37. The number of ether oxygens (including phenoxy) is 1. The Hall–Kier alpha value is -1.17. The standard InChI is InChI=1S/C13H20FNO3/c1-9(15-13(2,7-16)8-17)12-10(14)5-4-6-11(12)18-3/h4-6,9,15-17H,7-8H2,1-3H3. The lowest BCUT2D eigenvalue weighted by atomic mass is 9.99. The van der Waals surface area contributed by atoms with E-state index in [9.17, 15) is 14.6 Å². The molecule has 0 bridgehead atoms. The van der Waals surface area contributed by atoms with Crippen molar-refractivity contribution < 1.29 is 19.3 Å². The topological polar surface area (TPSA) is 61.7 Å². The maximum atomic E-state index is 13.8. The molecule has 0 spiro atoms. The SMILES string of the molecule is COc1cccc(F)c1C(C)NC(C)(CO)CO. The fourth-order valence-electron chi connectivity index (χ4n) is 1.85.